The second kappa shape index (κ2) is 9.20. The molecule has 0 spiro atoms. The van der Waals surface area contributed by atoms with E-state index in [1.165, 1.54) is 50.3 Å². The number of para-hydroxylation sites is 1. The number of hydrogen-bond donors (Lipinski definition) is 0. The van der Waals surface area contributed by atoms with Crippen LogP contribution in [0, 0.1) is 0 Å². The number of benzene rings is 2. The molecule has 2 fully saturated rings. The minimum atomic E-state index is 0.724. The molecule has 0 aromatic heterocycles. The molecule has 2 aliphatic heterocycles. The lowest BCUT2D eigenvalue weighted by Crippen LogP contribution is -2.55. The number of rotatable bonds is 5. The van der Waals surface area contributed by atoms with E-state index in [1.807, 2.05) is 0 Å². The standard InChI is InChI=1S/C24H31N3/c1-3-9-22(10-4-1)11-7-15-25-16-8-14-24(21-25)27-19-17-26(18-20-27)23-12-5-2-6-13-23/h1-7,9-13,24H,8,14-21H2/b11-7+/t24-/m0/s1. The molecule has 0 radical (unpaired) electrons. The molecule has 3 heteroatoms. The van der Waals surface area contributed by atoms with Crippen LogP contribution in [0.15, 0.2) is 66.7 Å². The predicted molar refractivity (Wildman–Crippen MR) is 115 cm³/mol. The van der Waals surface area contributed by atoms with E-state index >= 15 is 0 Å². The molecular weight excluding hydrogens is 330 g/mol. The molecule has 0 saturated carbocycles. The van der Waals surface area contributed by atoms with E-state index < -0.39 is 0 Å². The van der Waals surface area contributed by atoms with E-state index in [9.17, 15) is 0 Å². The lowest BCUT2D eigenvalue weighted by molar-refractivity contribution is 0.0991. The molecule has 27 heavy (non-hydrogen) atoms. The van der Waals surface area contributed by atoms with Crippen LogP contribution in [0.4, 0.5) is 5.69 Å². The Balaban J connectivity index is 1.26. The summed E-state index contributed by atoms with van der Waals surface area (Å²) in [5, 5.41) is 0. The zero-order chi connectivity index (χ0) is 18.3. The third-order valence-corrected chi connectivity index (χ3v) is 5.91. The number of anilines is 1. The molecule has 4 rings (SSSR count). The van der Waals surface area contributed by atoms with Crippen LogP contribution in [0.2, 0.25) is 0 Å². The molecule has 0 amide bonds. The van der Waals surface area contributed by atoms with Crippen molar-refractivity contribution in [3.05, 3.63) is 72.3 Å². The molecule has 2 aromatic rings. The van der Waals surface area contributed by atoms with Gasteiger partial charge in [-0.1, -0.05) is 60.7 Å². The van der Waals surface area contributed by atoms with E-state index in [-0.39, 0.29) is 0 Å². The van der Waals surface area contributed by atoms with Gasteiger partial charge in [0.25, 0.3) is 0 Å². The summed E-state index contributed by atoms with van der Waals surface area (Å²) in [6.07, 6.45) is 7.25. The summed E-state index contributed by atoms with van der Waals surface area (Å²) in [7, 11) is 0. The van der Waals surface area contributed by atoms with Gasteiger partial charge in [-0.05, 0) is 37.1 Å². The van der Waals surface area contributed by atoms with Crippen LogP contribution < -0.4 is 4.90 Å². The Morgan fingerprint density at radius 3 is 2.26 bits per heavy atom. The second-order valence-electron chi connectivity index (χ2n) is 7.73. The van der Waals surface area contributed by atoms with Crippen LogP contribution in [0.3, 0.4) is 0 Å². The molecule has 0 bridgehead atoms. The van der Waals surface area contributed by atoms with E-state index in [2.05, 4.69) is 87.5 Å². The normalized spacial score (nSPS) is 22.4. The third kappa shape index (κ3) is 5.00. The fraction of sp³-hybridized carbons (Fsp3) is 0.417. The summed E-state index contributed by atoms with van der Waals surface area (Å²) in [4.78, 5) is 7.88. The number of likely N-dealkylation sites (tertiary alicyclic amines) is 1. The Labute approximate surface area is 163 Å². The van der Waals surface area contributed by atoms with E-state index in [0.29, 0.717) is 0 Å². The minimum Gasteiger partial charge on any atom is -0.369 e. The van der Waals surface area contributed by atoms with Gasteiger partial charge in [-0.25, -0.2) is 0 Å². The smallest absolute Gasteiger partial charge is 0.0367 e. The number of piperidine rings is 1. The number of hydrogen-bond acceptors (Lipinski definition) is 3. The van der Waals surface area contributed by atoms with Gasteiger partial charge in [-0.3, -0.25) is 9.80 Å². The molecule has 0 unspecified atom stereocenters. The van der Waals surface area contributed by atoms with Crippen molar-refractivity contribution in [2.75, 3.05) is 50.7 Å². The highest BCUT2D eigenvalue weighted by Crippen LogP contribution is 2.21. The monoisotopic (exact) mass is 361 g/mol. The molecule has 2 saturated heterocycles. The summed E-state index contributed by atoms with van der Waals surface area (Å²) in [5.41, 5.74) is 2.66. The summed E-state index contributed by atoms with van der Waals surface area (Å²) in [6, 6.07) is 22.2. The first-order valence-electron chi connectivity index (χ1n) is 10.4. The minimum absolute atomic E-state index is 0.724. The Bertz CT molecular complexity index is 705. The van der Waals surface area contributed by atoms with Gasteiger partial charge in [0, 0.05) is 51.0 Å². The molecule has 0 N–H and O–H groups in total. The summed E-state index contributed by atoms with van der Waals surface area (Å²) in [6.45, 7) is 8.18. The number of piperazine rings is 1. The van der Waals surface area contributed by atoms with Gasteiger partial charge in [0.1, 0.15) is 0 Å². The van der Waals surface area contributed by atoms with Gasteiger partial charge >= 0.3 is 0 Å². The fourth-order valence-electron chi connectivity index (χ4n) is 4.38. The topological polar surface area (TPSA) is 9.72 Å². The molecule has 2 heterocycles. The van der Waals surface area contributed by atoms with Gasteiger partial charge in [0.05, 0.1) is 0 Å². The van der Waals surface area contributed by atoms with Crippen molar-refractivity contribution in [1.29, 1.82) is 0 Å². The fourth-order valence-corrected chi connectivity index (χ4v) is 4.38. The maximum absolute atomic E-state index is 2.73. The van der Waals surface area contributed by atoms with Gasteiger partial charge in [-0.2, -0.15) is 0 Å². The Hall–Kier alpha value is -2.10. The lowest BCUT2D eigenvalue weighted by atomic mass is 10.0. The first-order valence-corrected chi connectivity index (χ1v) is 10.4. The number of nitrogens with zero attached hydrogens (tertiary/aromatic N) is 3. The molecule has 3 nitrogen and oxygen atoms in total. The van der Waals surface area contributed by atoms with Crippen molar-refractivity contribution in [3.63, 3.8) is 0 Å². The molecule has 2 aliphatic rings. The highest BCUT2D eigenvalue weighted by Gasteiger charge is 2.27. The van der Waals surface area contributed by atoms with Crippen LogP contribution in [-0.4, -0.2) is 61.7 Å². The average molecular weight is 362 g/mol. The van der Waals surface area contributed by atoms with Gasteiger partial charge in [0.2, 0.25) is 0 Å². The molecule has 0 aliphatic carbocycles. The Kier molecular flexibility index (Phi) is 6.23. The van der Waals surface area contributed by atoms with E-state index in [1.54, 1.807) is 0 Å². The SMILES string of the molecule is C(=C\c1ccccc1)/CN1CCC[C@H](N2CCN(c3ccccc3)CC2)C1. The van der Waals surface area contributed by atoms with Crippen molar-refractivity contribution in [3.8, 4) is 0 Å². The van der Waals surface area contributed by atoms with Crippen molar-refractivity contribution in [2.45, 2.75) is 18.9 Å². The first kappa shape index (κ1) is 18.3. The second-order valence-corrected chi connectivity index (χ2v) is 7.73. The quantitative estimate of drug-likeness (QED) is 0.797. The zero-order valence-electron chi connectivity index (χ0n) is 16.2. The van der Waals surface area contributed by atoms with Crippen LogP contribution in [0.1, 0.15) is 18.4 Å². The Morgan fingerprint density at radius 2 is 1.52 bits per heavy atom. The maximum atomic E-state index is 2.73. The van der Waals surface area contributed by atoms with Crippen LogP contribution >= 0.6 is 0 Å². The van der Waals surface area contributed by atoms with Gasteiger partial charge in [0.15, 0.2) is 0 Å². The predicted octanol–water partition coefficient (Wildman–Crippen LogP) is 3.99. The van der Waals surface area contributed by atoms with Crippen LogP contribution in [0.25, 0.3) is 6.08 Å². The highest BCUT2D eigenvalue weighted by atomic mass is 15.3. The Morgan fingerprint density at radius 1 is 0.815 bits per heavy atom. The van der Waals surface area contributed by atoms with Crippen molar-refractivity contribution in [2.24, 2.45) is 0 Å². The van der Waals surface area contributed by atoms with Crippen LogP contribution in [-0.2, 0) is 0 Å². The highest BCUT2D eigenvalue weighted by molar-refractivity contribution is 5.49. The molecule has 142 valence electrons. The molecule has 1 atom stereocenters. The third-order valence-electron chi connectivity index (χ3n) is 5.91. The first-order chi connectivity index (χ1) is 13.4. The zero-order valence-corrected chi connectivity index (χ0v) is 16.2. The summed E-state index contributed by atoms with van der Waals surface area (Å²) >= 11 is 0. The van der Waals surface area contributed by atoms with Gasteiger partial charge < -0.3 is 4.90 Å². The van der Waals surface area contributed by atoms with Crippen molar-refractivity contribution < 1.29 is 0 Å². The summed E-state index contributed by atoms with van der Waals surface area (Å²) in [5.74, 6) is 0. The van der Waals surface area contributed by atoms with Crippen LogP contribution in [0.5, 0.6) is 0 Å². The van der Waals surface area contributed by atoms with Gasteiger partial charge in [-0.15, -0.1) is 0 Å². The molecule has 2 aromatic carbocycles. The average Bonchev–Trinajstić information content (AvgIpc) is 2.76. The van der Waals surface area contributed by atoms with E-state index in [4.69, 9.17) is 0 Å². The van der Waals surface area contributed by atoms with Crippen molar-refractivity contribution in [1.82, 2.24) is 9.80 Å². The van der Waals surface area contributed by atoms with E-state index in [0.717, 1.165) is 25.7 Å². The summed E-state index contributed by atoms with van der Waals surface area (Å²) < 4.78 is 0. The largest absolute Gasteiger partial charge is 0.369 e. The maximum Gasteiger partial charge on any atom is 0.0367 e. The molecular formula is C24H31N3. The van der Waals surface area contributed by atoms with Crippen molar-refractivity contribution >= 4 is 11.8 Å². The lowest BCUT2D eigenvalue weighted by Gasteiger charge is -2.43.